The van der Waals surface area contributed by atoms with Crippen molar-refractivity contribution in [3.63, 3.8) is 0 Å². The van der Waals surface area contributed by atoms with Crippen molar-refractivity contribution in [2.75, 3.05) is 19.9 Å². The summed E-state index contributed by atoms with van der Waals surface area (Å²) in [6, 6.07) is 7.49. The van der Waals surface area contributed by atoms with Crippen molar-refractivity contribution >= 4 is 23.1 Å². The number of ether oxygens (including phenoxy) is 1. The summed E-state index contributed by atoms with van der Waals surface area (Å²) in [5.41, 5.74) is 2.38. The molecule has 0 aliphatic carbocycles. The molecule has 0 saturated heterocycles. The monoisotopic (exact) mass is 323 g/mol. The Labute approximate surface area is 132 Å². The summed E-state index contributed by atoms with van der Waals surface area (Å²) in [5, 5.41) is 3.30. The largest absolute Gasteiger partial charge is 0.494 e. The molecule has 5 heteroatoms. The molecule has 1 atom stereocenters. The van der Waals surface area contributed by atoms with Crippen molar-refractivity contribution in [3.05, 3.63) is 51.0 Å². The Bertz CT molecular complexity index is 618. The van der Waals surface area contributed by atoms with Gasteiger partial charge in [-0.2, -0.15) is 11.8 Å². The van der Waals surface area contributed by atoms with Crippen LogP contribution in [0.1, 0.15) is 26.9 Å². The molecule has 1 N–H and O–H groups in total. The van der Waals surface area contributed by atoms with E-state index in [2.05, 4.69) is 11.4 Å². The maximum absolute atomic E-state index is 13.9. The lowest BCUT2D eigenvalue weighted by atomic mass is 10.0. The molecule has 1 aliphatic heterocycles. The molecule has 1 unspecified atom stereocenters. The van der Waals surface area contributed by atoms with Crippen LogP contribution in [0, 0.1) is 5.82 Å². The summed E-state index contributed by atoms with van der Waals surface area (Å²) in [4.78, 5) is 2.74. The van der Waals surface area contributed by atoms with Crippen LogP contribution in [0.15, 0.2) is 24.3 Å². The van der Waals surface area contributed by atoms with Gasteiger partial charge in [-0.15, -0.1) is 11.3 Å². The molecule has 0 fully saturated rings. The molecule has 21 heavy (non-hydrogen) atoms. The van der Waals surface area contributed by atoms with Crippen LogP contribution < -0.4 is 10.1 Å². The second-order valence-corrected chi connectivity index (χ2v) is 7.29. The highest BCUT2D eigenvalue weighted by molar-refractivity contribution is 7.98. The highest BCUT2D eigenvalue weighted by Gasteiger charge is 2.20. The first-order valence-electron chi connectivity index (χ1n) is 6.93. The van der Waals surface area contributed by atoms with Crippen molar-refractivity contribution in [1.82, 2.24) is 5.32 Å². The molecule has 2 aromatic rings. The van der Waals surface area contributed by atoms with E-state index < -0.39 is 0 Å². The van der Waals surface area contributed by atoms with Gasteiger partial charge in [-0.1, -0.05) is 6.07 Å². The predicted molar refractivity (Wildman–Crippen MR) is 88.0 cm³/mol. The minimum atomic E-state index is -0.313. The first-order chi connectivity index (χ1) is 10.2. The lowest BCUT2D eigenvalue weighted by Gasteiger charge is -2.16. The Balaban J connectivity index is 1.94. The smallest absolute Gasteiger partial charge is 0.165 e. The van der Waals surface area contributed by atoms with Gasteiger partial charge in [0.25, 0.3) is 0 Å². The number of fused-ring (bicyclic) bond motifs is 1. The Morgan fingerprint density at radius 2 is 2.19 bits per heavy atom. The minimum absolute atomic E-state index is 0.0333. The highest BCUT2D eigenvalue weighted by atomic mass is 32.2. The third-order valence-electron chi connectivity index (χ3n) is 3.73. The highest BCUT2D eigenvalue weighted by Crippen LogP contribution is 2.37. The Morgan fingerprint density at radius 3 is 2.86 bits per heavy atom. The summed E-state index contributed by atoms with van der Waals surface area (Å²) >= 11 is 3.83. The van der Waals surface area contributed by atoms with E-state index in [4.69, 9.17) is 4.74 Å². The molecule has 0 radical (unpaired) electrons. The number of hydrogen-bond acceptors (Lipinski definition) is 4. The number of halogens is 1. The number of aryl methyl sites for hydroxylation is 1. The van der Waals surface area contributed by atoms with Crippen molar-refractivity contribution in [2.24, 2.45) is 0 Å². The second kappa shape index (κ2) is 6.38. The maximum Gasteiger partial charge on any atom is 0.165 e. The molecule has 0 bridgehead atoms. The minimum Gasteiger partial charge on any atom is -0.494 e. The second-order valence-electron chi connectivity index (χ2n) is 5.02. The standard InChI is InChI=1S/C16H18FNOS2/c1-18-16(10-3-4-13(19-2)12(17)7-10)15-8-11-9-20-6-5-14(11)21-15/h3-4,7-8,16,18H,5-6,9H2,1-2H3. The zero-order valence-corrected chi connectivity index (χ0v) is 13.7. The molecule has 3 rings (SSSR count). The van der Waals surface area contributed by atoms with Crippen molar-refractivity contribution < 1.29 is 9.13 Å². The van der Waals surface area contributed by atoms with Crippen molar-refractivity contribution in [1.29, 1.82) is 0 Å². The molecule has 2 nitrogen and oxygen atoms in total. The van der Waals surface area contributed by atoms with Gasteiger partial charge < -0.3 is 10.1 Å². The van der Waals surface area contributed by atoms with E-state index in [1.165, 1.54) is 28.2 Å². The van der Waals surface area contributed by atoms with Gasteiger partial charge in [-0.25, -0.2) is 4.39 Å². The van der Waals surface area contributed by atoms with E-state index in [1.54, 1.807) is 12.1 Å². The van der Waals surface area contributed by atoms with Crippen LogP contribution >= 0.6 is 23.1 Å². The molecule has 0 spiro atoms. The lowest BCUT2D eigenvalue weighted by molar-refractivity contribution is 0.386. The van der Waals surface area contributed by atoms with Gasteiger partial charge in [-0.05, 0) is 48.5 Å². The molecule has 0 saturated carbocycles. The number of benzene rings is 1. The topological polar surface area (TPSA) is 21.3 Å². The summed E-state index contributed by atoms with van der Waals surface area (Å²) in [5.74, 6) is 2.27. The van der Waals surface area contributed by atoms with Crippen LogP contribution in [0.5, 0.6) is 5.75 Å². The third kappa shape index (κ3) is 2.96. The fourth-order valence-corrected chi connectivity index (χ4v) is 5.16. The van der Waals surface area contributed by atoms with E-state index in [0.717, 1.165) is 17.7 Å². The average molecular weight is 323 g/mol. The number of nitrogens with one attached hydrogen (secondary N) is 1. The molecule has 0 amide bonds. The van der Waals surface area contributed by atoms with Gasteiger partial charge in [0, 0.05) is 15.5 Å². The molecule has 2 heterocycles. The summed E-state index contributed by atoms with van der Waals surface area (Å²) in [6.07, 6.45) is 1.15. The zero-order valence-electron chi connectivity index (χ0n) is 12.1. The Kier molecular flexibility index (Phi) is 4.52. The van der Waals surface area contributed by atoms with Gasteiger partial charge in [0.2, 0.25) is 0 Å². The van der Waals surface area contributed by atoms with Gasteiger partial charge in [0.05, 0.1) is 13.2 Å². The quantitative estimate of drug-likeness (QED) is 0.919. The van der Waals surface area contributed by atoms with Crippen LogP contribution in [-0.2, 0) is 12.2 Å². The molecule has 1 aliphatic rings. The molecular formula is C16H18FNOS2. The van der Waals surface area contributed by atoms with E-state index in [1.807, 2.05) is 36.2 Å². The van der Waals surface area contributed by atoms with Crippen LogP contribution in [0.3, 0.4) is 0 Å². The summed E-state index contributed by atoms with van der Waals surface area (Å²) < 4.78 is 18.9. The van der Waals surface area contributed by atoms with Crippen LogP contribution in [-0.4, -0.2) is 19.9 Å². The van der Waals surface area contributed by atoms with E-state index in [-0.39, 0.29) is 17.6 Å². The maximum atomic E-state index is 13.9. The molecular weight excluding hydrogens is 305 g/mol. The summed E-state index contributed by atoms with van der Waals surface area (Å²) in [7, 11) is 3.40. The zero-order chi connectivity index (χ0) is 14.8. The fourth-order valence-electron chi connectivity index (χ4n) is 2.65. The van der Waals surface area contributed by atoms with E-state index in [0.29, 0.717) is 0 Å². The van der Waals surface area contributed by atoms with Crippen LogP contribution in [0.4, 0.5) is 4.39 Å². The Morgan fingerprint density at radius 1 is 1.33 bits per heavy atom. The first-order valence-corrected chi connectivity index (χ1v) is 8.90. The predicted octanol–water partition coefficient (Wildman–Crippen LogP) is 3.99. The van der Waals surface area contributed by atoms with Crippen molar-refractivity contribution in [3.8, 4) is 5.75 Å². The SMILES string of the molecule is CNC(c1ccc(OC)c(F)c1)c1cc2c(s1)CCSC2. The number of thioether (sulfide) groups is 1. The number of rotatable bonds is 4. The number of thiophene rings is 1. The van der Waals surface area contributed by atoms with Gasteiger partial charge in [-0.3, -0.25) is 0 Å². The molecule has 1 aromatic carbocycles. The summed E-state index contributed by atoms with van der Waals surface area (Å²) in [6.45, 7) is 0. The fraction of sp³-hybridized carbons (Fsp3) is 0.375. The van der Waals surface area contributed by atoms with Gasteiger partial charge in [0.15, 0.2) is 11.6 Å². The van der Waals surface area contributed by atoms with Gasteiger partial charge in [0.1, 0.15) is 0 Å². The van der Waals surface area contributed by atoms with Crippen molar-refractivity contribution in [2.45, 2.75) is 18.2 Å². The molecule has 1 aromatic heterocycles. The number of methoxy groups -OCH3 is 1. The van der Waals surface area contributed by atoms with Gasteiger partial charge >= 0.3 is 0 Å². The van der Waals surface area contributed by atoms with Crippen LogP contribution in [0.25, 0.3) is 0 Å². The van der Waals surface area contributed by atoms with Crippen LogP contribution in [0.2, 0.25) is 0 Å². The first kappa shape index (κ1) is 14.9. The Hall–Kier alpha value is -1.04. The molecule has 112 valence electrons. The third-order valence-corrected chi connectivity index (χ3v) is 6.04. The van der Waals surface area contributed by atoms with E-state index in [9.17, 15) is 4.39 Å². The lowest BCUT2D eigenvalue weighted by Crippen LogP contribution is -2.16. The number of hydrogen-bond donors (Lipinski definition) is 1. The normalized spacial score (nSPS) is 15.6. The van der Waals surface area contributed by atoms with E-state index >= 15 is 0 Å². The average Bonchev–Trinajstić information content (AvgIpc) is 2.91.